The van der Waals surface area contributed by atoms with Crippen LogP contribution in [0.1, 0.15) is 80.3 Å². The molecule has 0 bridgehead atoms. The predicted octanol–water partition coefficient (Wildman–Crippen LogP) is 5.15. The van der Waals surface area contributed by atoms with Gasteiger partial charge in [0.25, 0.3) is 0 Å². The molecule has 1 aromatic rings. The summed E-state index contributed by atoms with van der Waals surface area (Å²) < 4.78 is 22.4. The van der Waals surface area contributed by atoms with Crippen LogP contribution in [0.3, 0.4) is 0 Å². The Bertz CT molecular complexity index is 792. The number of pyridine rings is 1. The van der Waals surface area contributed by atoms with Crippen LogP contribution in [0, 0.1) is 5.92 Å². The predicted molar refractivity (Wildman–Crippen MR) is 123 cm³/mol. The molecule has 0 saturated carbocycles. The second-order valence-electron chi connectivity index (χ2n) is 10.6. The van der Waals surface area contributed by atoms with Crippen molar-refractivity contribution < 1.29 is 13.7 Å². The Kier molecular flexibility index (Phi) is 7.49. The molecular weight excluding hydrogens is 398 g/mol. The molecule has 1 saturated heterocycles. The van der Waals surface area contributed by atoms with E-state index in [4.69, 9.17) is 4.74 Å². The van der Waals surface area contributed by atoms with Crippen LogP contribution in [0.15, 0.2) is 28.8 Å². The smallest absolute Gasteiger partial charge is 0.410 e. The van der Waals surface area contributed by atoms with Gasteiger partial charge in [-0.2, -0.15) is 4.40 Å². The maximum atomic E-state index is 12.7. The van der Waals surface area contributed by atoms with Gasteiger partial charge in [-0.3, -0.25) is 4.98 Å². The van der Waals surface area contributed by atoms with Gasteiger partial charge in [0.05, 0.1) is 16.2 Å². The van der Waals surface area contributed by atoms with Gasteiger partial charge in [0.15, 0.2) is 0 Å². The van der Waals surface area contributed by atoms with E-state index in [1.807, 2.05) is 64.6 Å². The quantitative estimate of drug-likeness (QED) is 0.600. The van der Waals surface area contributed by atoms with Crippen LogP contribution in [0.2, 0.25) is 0 Å². The second kappa shape index (κ2) is 9.16. The first-order chi connectivity index (χ1) is 13.7. The normalized spacial score (nSPS) is 20.9. The monoisotopic (exact) mass is 435 g/mol. The molecule has 2 rings (SSSR count). The van der Waals surface area contributed by atoms with Gasteiger partial charge in [-0.1, -0.05) is 6.07 Å². The average Bonchev–Trinajstić information content (AvgIpc) is 2.91. The number of carbonyl (C=O) groups excluding carboxylic acids is 1. The molecule has 30 heavy (non-hydrogen) atoms. The largest absolute Gasteiger partial charge is 0.444 e. The number of hydrogen-bond acceptors (Lipinski definition) is 4. The standard InChI is InChI=1S/C23H37N3O3S/c1-21(2,3)29-20(27)26-16-17(15-23(26,7)8)12-13-19(18-11-9-10-14-24-18)25-30(28)22(4,5)6/h9-11,14,17H,12-13,15-16H2,1-8H3/t17-,30?/m0/s1. The number of amides is 1. The highest BCUT2D eigenvalue weighted by atomic mass is 32.2. The van der Waals surface area contributed by atoms with Gasteiger partial charge in [0.1, 0.15) is 16.6 Å². The molecule has 2 heterocycles. The van der Waals surface area contributed by atoms with E-state index in [2.05, 4.69) is 23.2 Å². The van der Waals surface area contributed by atoms with Crippen molar-refractivity contribution in [1.29, 1.82) is 0 Å². The first-order valence-electron chi connectivity index (χ1n) is 10.6. The van der Waals surface area contributed by atoms with Crippen LogP contribution in [0.4, 0.5) is 4.79 Å². The van der Waals surface area contributed by atoms with Crippen LogP contribution >= 0.6 is 0 Å². The van der Waals surface area contributed by atoms with Crippen LogP contribution in [0.5, 0.6) is 0 Å². The Morgan fingerprint density at radius 1 is 1.27 bits per heavy atom. The highest BCUT2D eigenvalue weighted by Crippen LogP contribution is 2.36. The Labute approximate surface area is 184 Å². The van der Waals surface area contributed by atoms with Gasteiger partial charge in [-0.05, 0) is 92.7 Å². The Balaban J connectivity index is 2.13. The minimum atomic E-state index is -1.35. The van der Waals surface area contributed by atoms with Gasteiger partial charge >= 0.3 is 6.09 Å². The molecule has 0 radical (unpaired) electrons. The van der Waals surface area contributed by atoms with Crippen LogP contribution in [-0.2, 0) is 15.7 Å². The molecular formula is C23H37N3O3S. The average molecular weight is 436 g/mol. The first kappa shape index (κ1) is 24.5. The maximum absolute atomic E-state index is 12.7. The van der Waals surface area contributed by atoms with Crippen molar-refractivity contribution in [3.8, 4) is 0 Å². The van der Waals surface area contributed by atoms with E-state index < -0.39 is 21.3 Å². The highest BCUT2D eigenvalue weighted by molar-refractivity contribution is 7.85. The fourth-order valence-corrected chi connectivity index (χ4v) is 4.21. The summed E-state index contributed by atoms with van der Waals surface area (Å²) in [6, 6.07) is 5.69. The van der Waals surface area contributed by atoms with E-state index in [0.717, 1.165) is 24.2 Å². The molecule has 7 heteroatoms. The van der Waals surface area contributed by atoms with Crippen LogP contribution in [0.25, 0.3) is 0 Å². The van der Waals surface area contributed by atoms with Crippen molar-refractivity contribution in [3.05, 3.63) is 30.1 Å². The third-order valence-electron chi connectivity index (χ3n) is 5.04. The van der Waals surface area contributed by atoms with E-state index in [1.54, 1.807) is 6.20 Å². The fraction of sp³-hybridized carbons (Fsp3) is 0.696. The summed E-state index contributed by atoms with van der Waals surface area (Å²) in [6.45, 7) is 16.2. The van der Waals surface area contributed by atoms with Crippen molar-refractivity contribution in [1.82, 2.24) is 9.88 Å². The van der Waals surface area contributed by atoms with E-state index in [9.17, 15) is 9.00 Å². The number of ether oxygens (including phenoxy) is 1. The molecule has 1 unspecified atom stereocenters. The number of carbonyl (C=O) groups is 1. The molecule has 1 aliphatic rings. The molecule has 0 aliphatic carbocycles. The molecule has 2 atom stereocenters. The third kappa shape index (κ3) is 6.89. The van der Waals surface area contributed by atoms with E-state index in [1.165, 1.54) is 0 Å². The molecule has 6 nitrogen and oxygen atoms in total. The summed E-state index contributed by atoms with van der Waals surface area (Å²) in [6.07, 6.45) is 3.88. The Morgan fingerprint density at radius 2 is 1.93 bits per heavy atom. The summed E-state index contributed by atoms with van der Waals surface area (Å²) in [5.74, 6) is 0.324. The number of aromatic nitrogens is 1. The van der Waals surface area contributed by atoms with Crippen LogP contribution in [-0.4, -0.2) is 48.3 Å². The van der Waals surface area contributed by atoms with Crippen molar-refractivity contribution in [2.75, 3.05) is 6.54 Å². The minimum Gasteiger partial charge on any atom is -0.444 e. The highest BCUT2D eigenvalue weighted by Gasteiger charge is 2.42. The van der Waals surface area contributed by atoms with Crippen molar-refractivity contribution in [2.24, 2.45) is 10.3 Å². The van der Waals surface area contributed by atoms with Crippen molar-refractivity contribution >= 4 is 22.8 Å². The van der Waals surface area contributed by atoms with Gasteiger partial charge in [-0.25, -0.2) is 9.00 Å². The van der Waals surface area contributed by atoms with Crippen LogP contribution < -0.4 is 0 Å². The second-order valence-corrected chi connectivity index (χ2v) is 12.5. The third-order valence-corrected chi connectivity index (χ3v) is 6.47. The molecule has 0 spiro atoms. The molecule has 1 aromatic heterocycles. The topological polar surface area (TPSA) is 71.9 Å². The summed E-state index contributed by atoms with van der Waals surface area (Å²) in [5, 5.41) is 0. The van der Waals surface area contributed by atoms with Gasteiger partial charge in [0, 0.05) is 18.3 Å². The zero-order valence-electron chi connectivity index (χ0n) is 19.7. The SMILES string of the molecule is CC(C)(C)OC(=O)N1C[C@@H](CCC(=NS(=O)C(C)(C)C)c2ccccn2)CC1(C)C. The lowest BCUT2D eigenvalue weighted by Gasteiger charge is -2.33. The molecule has 1 fully saturated rings. The van der Waals surface area contributed by atoms with E-state index in [-0.39, 0.29) is 11.6 Å². The molecule has 1 amide bonds. The number of likely N-dealkylation sites (tertiary alicyclic amines) is 1. The van der Waals surface area contributed by atoms with Crippen molar-refractivity contribution in [3.63, 3.8) is 0 Å². The van der Waals surface area contributed by atoms with E-state index in [0.29, 0.717) is 18.9 Å². The zero-order chi connectivity index (χ0) is 22.7. The Morgan fingerprint density at radius 3 is 2.47 bits per heavy atom. The van der Waals surface area contributed by atoms with Crippen molar-refractivity contribution in [2.45, 2.75) is 90.5 Å². The Hall–Kier alpha value is -1.76. The number of rotatable bonds is 5. The van der Waals surface area contributed by atoms with Gasteiger partial charge < -0.3 is 9.64 Å². The summed E-state index contributed by atoms with van der Waals surface area (Å²) in [7, 11) is -1.35. The fourth-order valence-electron chi connectivity index (χ4n) is 3.55. The van der Waals surface area contributed by atoms with E-state index >= 15 is 0 Å². The summed E-state index contributed by atoms with van der Waals surface area (Å²) in [4.78, 5) is 18.9. The molecule has 168 valence electrons. The lowest BCUT2D eigenvalue weighted by atomic mass is 9.92. The first-order valence-corrected chi connectivity index (χ1v) is 11.7. The summed E-state index contributed by atoms with van der Waals surface area (Å²) in [5.41, 5.74) is 0.749. The number of hydrogen-bond donors (Lipinski definition) is 0. The van der Waals surface area contributed by atoms with Gasteiger partial charge in [0.2, 0.25) is 0 Å². The molecule has 0 N–H and O–H groups in total. The number of nitrogens with zero attached hydrogens (tertiary/aromatic N) is 3. The maximum Gasteiger partial charge on any atom is 0.410 e. The lowest BCUT2D eigenvalue weighted by molar-refractivity contribution is 0.0131. The minimum absolute atomic E-state index is 0.260. The van der Waals surface area contributed by atoms with Gasteiger partial charge in [-0.15, -0.1) is 0 Å². The summed E-state index contributed by atoms with van der Waals surface area (Å²) >= 11 is 0. The molecule has 0 aromatic carbocycles. The lowest BCUT2D eigenvalue weighted by Crippen LogP contribution is -2.45. The molecule has 1 aliphatic heterocycles. The zero-order valence-corrected chi connectivity index (χ0v) is 20.5.